The summed E-state index contributed by atoms with van der Waals surface area (Å²) in [5, 5.41) is 2.74. The molecule has 1 aliphatic carbocycles. The number of nitrogens with zero attached hydrogens (tertiary/aromatic N) is 1. The SMILES string of the molecule is CCN(CCC(=O)Nc1ccc(F)cc1N)CC1CCC1. The van der Waals surface area contributed by atoms with Gasteiger partial charge in [-0.25, -0.2) is 4.39 Å². The Morgan fingerprint density at radius 1 is 1.48 bits per heavy atom. The van der Waals surface area contributed by atoms with Crippen molar-refractivity contribution in [3.8, 4) is 0 Å². The lowest BCUT2D eigenvalue weighted by Crippen LogP contribution is -2.34. The number of hydrogen-bond acceptors (Lipinski definition) is 3. The first-order valence-electron chi connectivity index (χ1n) is 7.65. The maximum atomic E-state index is 12.9. The summed E-state index contributed by atoms with van der Waals surface area (Å²) in [6, 6.07) is 4.00. The molecule has 1 amide bonds. The Balaban J connectivity index is 1.77. The van der Waals surface area contributed by atoms with Crippen molar-refractivity contribution in [1.29, 1.82) is 0 Å². The molecule has 4 nitrogen and oxygen atoms in total. The van der Waals surface area contributed by atoms with Crippen LogP contribution in [0.15, 0.2) is 18.2 Å². The van der Waals surface area contributed by atoms with Crippen LogP contribution in [0.1, 0.15) is 32.6 Å². The number of nitrogen functional groups attached to an aromatic ring is 1. The van der Waals surface area contributed by atoms with Gasteiger partial charge in [-0.05, 0) is 43.5 Å². The van der Waals surface area contributed by atoms with Crippen molar-refractivity contribution in [3.05, 3.63) is 24.0 Å². The van der Waals surface area contributed by atoms with E-state index in [4.69, 9.17) is 5.73 Å². The van der Waals surface area contributed by atoms with Crippen molar-refractivity contribution < 1.29 is 9.18 Å². The quantitative estimate of drug-likeness (QED) is 0.760. The Kier molecular flexibility index (Phi) is 5.56. The van der Waals surface area contributed by atoms with Crippen molar-refractivity contribution in [2.24, 2.45) is 5.92 Å². The molecule has 0 unspecified atom stereocenters. The third-order valence-corrected chi connectivity index (χ3v) is 4.13. The fraction of sp³-hybridized carbons (Fsp3) is 0.562. The lowest BCUT2D eigenvalue weighted by molar-refractivity contribution is -0.116. The van der Waals surface area contributed by atoms with E-state index in [1.54, 1.807) is 0 Å². The molecule has 0 saturated heterocycles. The largest absolute Gasteiger partial charge is 0.397 e. The van der Waals surface area contributed by atoms with E-state index in [1.807, 2.05) is 0 Å². The standard InChI is InChI=1S/C16H24FN3O/c1-2-20(11-12-4-3-5-12)9-8-16(21)19-15-7-6-13(17)10-14(15)18/h6-7,10,12H,2-5,8-9,11,18H2,1H3,(H,19,21). The van der Waals surface area contributed by atoms with E-state index in [2.05, 4.69) is 17.1 Å². The Morgan fingerprint density at radius 2 is 2.24 bits per heavy atom. The Morgan fingerprint density at radius 3 is 2.81 bits per heavy atom. The first-order chi connectivity index (χ1) is 10.1. The number of carbonyl (C=O) groups is 1. The predicted octanol–water partition coefficient (Wildman–Crippen LogP) is 2.86. The van der Waals surface area contributed by atoms with Gasteiger partial charge in [0.2, 0.25) is 5.91 Å². The van der Waals surface area contributed by atoms with Gasteiger partial charge in [0.05, 0.1) is 11.4 Å². The zero-order valence-corrected chi connectivity index (χ0v) is 12.6. The normalized spacial score (nSPS) is 15.0. The molecule has 1 fully saturated rings. The van der Waals surface area contributed by atoms with Crippen molar-refractivity contribution in [2.75, 3.05) is 30.7 Å². The van der Waals surface area contributed by atoms with Crippen LogP contribution in [0.25, 0.3) is 0 Å². The van der Waals surface area contributed by atoms with Crippen molar-refractivity contribution in [3.63, 3.8) is 0 Å². The number of benzene rings is 1. The molecule has 0 radical (unpaired) electrons. The number of halogens is 1. The molecule has 1 aromatic rings. The molecule has 1 saturated carbocycles. The van der Waals surface area contributed by atoms with Crippen LogP contribution in [0, 0.1) is 11.7 Å². The summed E-state index contributed by atoms with van der Waals surface area (Å²) in [6.45, 7) is 4.92. The van der Waals surface area contributed by atoms with Gasteiger partial charge in [-0.3, -0.25) is 4.79 Å². The number of rotatable bonds is 7. The number of carbonyl (C=O) groups excluding carboxylic acids is 1. The summed E-state index contributed by atoms with van der Waals surface area (Å²) in [5.74, 6) is 0.323. The highest BCUT2D eigenvalue weighted by Crippen LogP contribution is 2.27. The molecule has 1 aromatic carbocycles. The first-order valence-corrected chi connectivity index (χ1v) is 7.65. The van der Waals surface area contributed by atoms with Gasteiger partial charge >= 0.3 is 0 Å². The molecule has 0 heterocycles. The molecule has 0 atom stereocenters. The summed E-state index contributed by atoms with van der Waals surface area (Å²) in [7, 11) is 0. The van der Waals surface area contributed by atoms with Crippen molar-refractivity contribution in [1.82, 2.24) is 4.90 Å². The minimum absolute atomic E-state index is 0.0830. The molecule has 0 aliphatic heterocycles. The van der Waals surface area contributed by atoms with Crippen molar-refractivity contribution >= 4 is 17.3 Å². The average molecular weight is 293 g/mol. The van der Waals surface area contributed by atoms with Gasteiger partial charge in [-0.2, -0.15) is 0 Å². The van der Waals surface area contributed by atoms with Gasteiger partial charge in [0.1, 0.15) is 5.82 Å². The summed E-state index contributed by atoms with van der Waals surface area (Å²) in [5.41, 5.74) is 6.41. The molecular formula is C16H24FN3O. The summed E-state index contributed by atoms with van der Waals surface area (Å²) >= 11 is 0. The van der Waals surface area contributed by atoms with Gasteiger partial charge in [0, 0.05) is 19.5 Å². The van der Waals surface area contributed by atoms with Crippen LogP contribution < -0.4 is 11.1 Å². The third-order valence-electron chi connectivity index (χ3n) is 4.13. The Bertz CT molecular complexity index is 488. The van der Waals surface area contributed by atoms with Crippen LogP contribution in [-0.2, 0) is 4.79 Å². The number of nitrogens with two attached hydrogens (primary N) is 1. The zero-order valence-electron chi connectivity index (χ0n) is 12.6. The second kappa shape index (κ2) is 7.41. The zero-order chi connectivity index (χ0) is 15.2. The Labute approximate surface area is 125 Å². The lowest BCUT2D eigenvalue weighted by atomic mass is 9.85. The molecular weight excluding hydrogens is 269 g/mol. The summed E-state index contributed by atoms with van der Waals surface area (Å²) in [4.78, 5) is 14.3. The van der Waals surface area contributed by atoms with E-state index < -0.39 is 5.82 Å². The molecule has 0 bridgehead atoms. The highest BCUT2D eigenvalue weighted by Gasteiger charge is 2.20. The predicted molar refractivity (Wildman–Crippen MR) is 83.5 cm³/mol. The van der Waals surface area contributed by atoms with E-state index in [0.29, 0.717) is 12.1 Å². The molecule has 0 aromatic heterocycles. The summed E-state index contributed by atoms with van der Waals surface area (Å²) < 4.78 is 12.9. The molecule has 5 heteroatoms. The third kappa shape index (κ3) is 4.70. The minimum Gasteiger partial charge on any atom is -0.397 e. The molecule has 3 N–H and O–H groups in total. The molecule has 2 rings (SSSR count). The monoisotopic (exact) mass is 293 g/mol. The molecule has 116 valence electrons. The highest BCUT2D eigenvalue weighted by molar-refractivity contribution is 5.93. The van der Waals surface area contributed by atoms with E-state index in [-0.39, 0.29) is 11.6 Å². The number of hydrogen-bond donors (Lipinski definition) is 2. The van der Waals surface area contributed by atoms with Gasteiger partial charge < -0.3 is 16.0 Å². The van der Waals surface area contributed by atoms with E-state index >= 15 is 0 Å². The smallest absolute Gasteiger partial charge is 0.225 e. The topological polar surface area (TPSA) is 58.4 Å². The van der Waals surface area contributed by atoms with Crippen molar-refractivity contribution in [2.45, 2.75) is 32.6 Å². The second-order valence-corrected chi connectivity index (χ2v) is 5.72. The minimum atomic E-state index is -0.400. The van der Waals surface area contributed by atoms with Gasteiger partial charge in [-0.1, -0.05) is 13.3 Å². The number of amides is 1. The van der Waals surface area contributed by atoms with E-state index in [0.717, 1.165) is 25.6 Å². The maximum absolute atomic E-state index is 12.9. The fourth-order valence-corrected chi connectivity index (χ4v) is 2.54. The maximum Gasteiger partial charge on any atom is 0.225 e. The second-order valence-electron chi connectivity index (χ2n) is 5.72. The van der Waals surface area contributed by atoms with Crippen LogP contribution in [0.3, 0.4) is 0 Å². The Hall–Kier alpha value is -1.62. The van der Waals surface area contributed by atoms with Gasteiger partial charge in [-0.15, -0.1) is 0 Å². The average Bonchev–Trinajstić information content (AvgIpc) is 2.40. The van der Waals surface area contributed by atoms with Crippen LogP contribution in [0.5, 0.6) is 0 Å². The molecule has 21 heavy (non-hydrogen) atoms. The summed E-state index contributed by atoms with van der Waals surface area (Å²) in [6.07, 6.45) is 4.40. The highest BCUT2D eigenvalue weighted by atomic mass is 19.1. The van der Waals surface area contributed by atoms with E-state index in [9.17, 15) is 9.18 Å². The van der Waals surface area contributed by atoms with Gasteiger partial charge in [0.25, 0.3) is 0 Å². The van der Waals surface area contributed by atoms with Crippen LogP contribution in [0.2, 0.25) is 0 Å². The van der Waals surface area contributed by atoms with Crippen LogP contribution in [0.4, 0.5) is 15.8 Å². The lowest BCUT2D eigenvalue weighted by Gasteiger charge is -2.31. The molecule has 0 spiro atoms. The van der Waals surface area contributed by atoms with Crippen LogP contribution >= 0.6 is 0 Å². The van der Waals surface area contributed by atoms with Gasteiger partial charge in [0.15, 0.2) is 0 Å². The molecule has 1 aliphatic rings. The number of anilines is 2. The fourth-order valence-electron chi connectivity index (χ4n) is 2.54. The first kappa shape index (κ1) is 15.8. The van der Waals surface area contributed by atoms with Crippen LogP contribution in [-0.4, -0.2) is 30.4 Å². The number of nitrogens with one attached hydrogen (secondary N) is 1. The van der Waals surface area contributed by atoms with E-state index in [1.165, 1.54) is 37.5 Å².